The van der Waals surface area contributed by atoms with Crippen LogP contribution in [0.4, 0.5) is 0 Å². The first-order chi connectivity index (χ1) is 8.81. The van der Waals surface area contributed by atoms with Gasteiger partial charge in [0.05, 0.1) is 12.2 Å². The molecule has 0 spiro atoms. The van der Waals surface area contributed by atoms with E-state index in [9.17, 15) is 4.79 Å². The molecule has 1 aliphatic rings. The van der Waals surface area contributed by atoms with Crippen molar-refractivity contribution in [2.24, 2.45) is 0 Å². The second kappa shape index (κ2) is 6.28. The lowest BCUT2D eigenvalue weighted by Gasteiger charge is -2.05. The SMILES string of the molecule is CCCCCCOC(=O)c1ccc2c(c1)OCO2. The monoisotopic (exact) mass is 250 g/mol. The second-order valence-electron chi connectivity index (χ2n) is 4.26. The van der Waals surface area contributed by atoms with Gasteiger partial charge in [-0.05, 0) is 24.6 Å². The van der Waals surface area contributed by atoms with Gasteiger partial charge in [0.1, 0.15) is 0 Å². The van der Waals surface area contributed by atoms with Gasteiger partial charge in [0.2, 0.25) is 6.79 Å². The van der Waals surface area contributed by atoms with Gasteiger partial charge in [-0.3, -0.25) is 0 Å². The molecule has 0 atom stereocenters. The summed E-state index contributed by atoms with van der Waals surface area (Å²) in [6.07, 6.45) is 4.38. The number of esters is 1. The molecule has 0 radical (unpaired) electrons. The smallest absolute Gasteiger partial charge is 0.338 e. The summed E-state index contributed by atoms with van der Waals surface area (Å²) < 4.78 is 15.6. The van der Waals surface area contributed by atoms with E-state index in [1.807, 2.05) is 0 Å². The summed E-state index contributed by atoms with van der Waals surface area (Å²) in [5, 5.41) is 0. The van der Waals surface area contributed by atoms with E-state index in [0.717, 1.165) is 12.8 Å². The van der Waals surface area contributed by atoms with Crippen LogP contribution in [0.5, 0.6) is 11.5 Å². The van der Waals surface area contributed by atoms with Gasteiger partial charge in [0.25, 0.3) is 0 Å². The van der Waals surface area contributed by atoms with Crippen LogP contribution in [0.25, 0.3) is 0 Å². The number of unbranched alkanes of at least 4 members (excludes halogenated alkanes) is 3. The number of rotatable bonds is 6. The Kier molecular flexibility index (Phi) is 4.45. The highest BCUT2D eigenvalue weighted by atomic mass is 16.7. The first-order valence-electron chi connectivity index (χ1n) is 6.38. The molecule has 0 amide bonds. The first-order valence-corrected chi connectivity index (χ1v) is 6.38. The average molecular weight is 250 g/mol. The van der Waals surface area contributed by atoms with Crippen LogP contribution >= 0.6 is 0 Å². The summed E-state index contributed by atoms with van der Waals surface area (Å²) in [6, 6.07) is 5.09. The van der Waals surface area contributed by atoms with Crippen LogP contribution in [0.15, 0.2) is 18.2 Å². The third-order valence-corrected chi connectivity index (χ3v) is 2.84. The highest BCUT2D eigenvalue weighted by molar-refractivity contribution is 5.90. The largest absolute Gasteiger partial charge is 0.462 e. The Morgan fingerprint density at radius 2 is 2.06 bits per heavy atom. The molecule has 18 heavy (non-hydrogen) atoms. The molecule has 0 N–H and O–H groups in total. The number of carbonyl (C=O) groups is 1. The number of fused-ring (bicyclic) bond motifs is 1. The summed E-state index contributed by atoms with van der Waals surface area (Å²) in [6.45, 7) is 2.84. The van der Waals surface area contributed by atoms with Crippen LogP contribution in [-0.4, -0.2) is 19.4 Å². The minimum Gasteiger partial charge on any atom is -0.462 e. The maximum Gasteiger partial charge on any atom is 0.338 e. The Labute approximate surface area is 107 Å². The maximum absolute atomic E-state index is 11.8. The molecule has 4 nitrogen and oxygen atoms in total. The van der Waals surface area contributed by atoms with Gasteiger partial charge in [-0.25, -0.2) is 4.79 Å². The zero-order chi connectivity index (χ0) is 12.8. The van der Waals surface area contributed by atoms with Crippen molar-refractivity contribution in [3.05, 3.63) is 23.8 Å². The van der Waals surface area contributed by atoms with Crippen molar-refractivity contribution >= 4 is 5.97 Å². The van der Waals surface area contributed by atoms with Gasteiger partial charge >= 0.3 is 5.97 Å². The van der Waals surface area contributed by atoms with Gasteiger partial charge in [-0.2, -0.15) is 0 Å². The summed E-state index contributed by atoms with van der Waals surface area (Å²) in [7, 11) is 0. The highest BCUT2D eigenvalue weighted by Gasteiger charge is 2.16. The third-order valence-electron chi connectivity index (χ3n) is 2.84. The molecule has 0 unspecified atom stereocenters. The molecule has 1 heterocycles. The number of benzene rings is 1. The molecule has 0 saturated carbocycles. The molecule has 2 rings (SSSR count). The van der Waals surface area contributed by atoms with Gasteiger partial charge in [-0.15, -0.1) is 0 Å². The number of ether oxygens (including phenoxy) is 3. The molecule has 0 fully saturated rings. The molecule has 4 heteroatoms. The molecule has 0 bridgehead atoms. The Morgan fingerprint density at radius 1 is 1.22 bits per heavy atom. The summed E-state index contributed by atoms with van der Waals surface area (Å²) in [5.41, 5.74) is 0.509. The second-order valence-corrected chi connectivity index (χ2v) is 4.26. The van der Waals surface area contributed by atoms with E-state index in [1.165, 1.54) is 12.8 Å². The van der Waals surface area contributed by atoms with Gasteiger partial charge in [0, 0.05) is 0 Å². The normalized spacial score (nSPS) is 12.5. The lowest BCUT2D eigenvalue weighted by molar-refractivity contribution is 0.0497. The maximum atomic E-state index is 11.8. The molecule has 0 aliphatic carbocycles. The summed E-state index contributed by atoms with van der Waals surface area (Å²) >= 11 is 0. The first kappa shape index (κ1) is 12.7. The van der Waals surface area contributed by atoms with Gasteiger partial charge in [-0.1, -0.05) is 26.2 Å². The van der Waals surface area contributed by atoms with Crippen molar-refractivity contribution in [2.75, 3.05) is 13.4 Å². The van der Waals surface area contributed by atoms with Crippen molar-refractivity contribution in [3.63, 3.8) is 0 Å². The van der Waals surface area contributed by atoms with E-state index in [1.54, 1.807) is 18.2 Å². The topological polar surface area (TPSA) is 44.8 Å². The lowest BCUT2D eigenvalue weighted by Crippen LogP contribution is -2.06. The van der Waals surface area contributed by atoms with Crippen molar-refractivity contribution in [3.8, 4) is 11.5 Å². The van der Waals surface area contributed by atoms with E-state index in [0.29, 0.717) is 23.7 Å². The predicted molar refractivity (Wildman–Crippen MR) is 67.0 cm³/mol. The van der Waals surface area contributed by atoms with Crippen molar-refractivity contribution < 1.29 is 19.0 Å². The third kappa shape index (κ3) is 3.15. The quantitative estimate of drug-likeness (QED) is 0.574. The Morgan fingerprint density at radius 3 is 2.89 bits per heavy atom. The van der Waals surface area contributed by atoms with E-state index in [4.69, 9.17) is 14.2 Å². The molecule has 0 saturated heterocycles. The van der Waals surface area contributed by atoms with Gasteiger partial charge < -0.3 is 14.2 Å². The van der Waals surface area contributed by atoms with E-state index in [2.05, 4.69) is 6.92 Å². The zero-order valence-electron chi connectivity index (χ0n) is 10.6. The molecular formula is C14H18O4. The van der Waals surface area contributed by atoms with E-state index < -0.39 is 0 Å². The van der Waals surface area contributed by atoms with Crippen LogP contribution < -0.4 is 9.47 Å². The van der Waals surface area contributed by atoms with E-state index in [-0.39, 0.29) is 12.8 Å². The molecule has 0 aromatic heterocycles. The van der Waals surface area contributed by atoms with E-state index >= 15 is 0 Å². The highest BCUT2D eigenvalue weighted by Crippen LogP contribution is 2.32. The van der Waals surface area contributed by atoms with Crippen LogP contribution in [0.3, 0.4) is 0 Å². The number of carbonyl (C=O) groups excluding carboxylic acids is 1. The molecule has 1 aliphatic heterocycles. The van der Waals surface area contributed by atoms with Crippen LogP contribution in [-0.2, 0) is 4.74 Å². The fourth-order valence-corrected chi connectivity index (χ4v) is 1.80. The minimum atomic E-state index is -0.301. The van der Waals surface area contributed by atoms with Crippen molar-refractivity contribution in [2.45, 2.75) is 32.6 Å². The Bertz CT molecular complexity index is 414. The molecule has 1 aromatic rings. The fourth-order valence-electron chi connectivity index (χ4n) is 1.80. The predicted octanol–water partition coefficient (Wildman–Crippen LogP) is 3.15. The summed E-state index contributed by atoms with van der Waals surface area (Å²) in [5.74, 6) is 0.981. The molecule has 98 valence electrons. The van der Waals surface area contributed by atoms with Crippen molar-refractivity contribution in [1.82, 2.24) is 0 Å². The van der Waals surface area contributed by atoms with Crippen LogP contribution in [0, 0.1) is 0 Å². The van der Waals surface area contributed by atoms with Crippen LogP contribution in [0.2, 0.25) is 0 Å². The average Bonchev–Trinajstić information content (AvgIpc) is 2.85. The summed E-state index contributed by atoms with van der Waals surface area (Å²) in [4.78, 5) is 11.8. The Balaban J connectivity index is 1.82. The van der Waals surface area contributed by atoms with Crippen molar-refractivity contribution in [1.29, 1.82) is 0 Å². The minimum absolute atomic E-state index is 0.213. The molecular weight excluding hydrogens is 232 g/mol. The molecule has 1 aromatic carbocycles. The number of hydrogen-bond acceptors (Lipinski definition) is 4. The van der Waals surface area contributed by atoms with Crippen LogP contribution in [0.1, 0.15) is 43.0 Å². The standard InChI is InChI=1S/C14H18O4/c1-2-3-4-5-8-16-14(15)11-6-7-12-13(9-11)18-10-17-12/h6-7,9H,2-5,8,10H2,1H3. The number of hydrogen-bond donors (Lipinski definition) is 0. The van der Waals surface area contributed by atoms with Gasteiger partial charge in [0.15, 0.2) is 11.5 Å². The zero-order valence-corrected chi connectivity index (χ0v) is 10.6. The lowest BCUT2D eigenvalue weighted by atomic mass is 10.2. The Hall–Kier alpha value is -1.71. The fraction of sp³-hybridized carbons (Fsp3) is 0.500.